The van der Waals surface area contributed by atoms with Gasteiger partial charge in [-0.1, -0.05) is 26.7 Å². The van der Waals surface area contributed by atoms with Crippen LogP contribution in [0, 0.1) is 0 Å². The van der Waals surface area contributed by atoms with Gasteiger partial charge in [-0.3, -0.25) is 4.79 Å². The van der Waals surface area contributed by atoms with E-state index in [1.54, 1.807) is 14.0 Å². The molecule has 3 nitrogen and oxygen atoms in total. The lowest BCUT2D eigenvalue weighted by Gasteiger charge is -1.89. The quantitative estimate of drug-likeness (QED) is 0.666. The normalized spacial score (nSPS) is 7.57. The maximum absolute atomic E-state index is 9.82. The van der Waals surface area contributed by atoms with Gasteiger partial charge in [-0.25, -0.2) is 0 Å². The first-order chi connectivity index (χ1) is 6.60. The average Bonchev–Trinajstić information content (AvgIpc) is 2.18. The number of carbonyl (C=O) groups excluding carboxylic acids is 1. The van der Waals surface area contributed by atoms with Crippen molar-refractivity contribution in [3.05, 3.63) is 0 Å². The molecule has 0 N–H and O–H groups in total. The van der Waals surface area contributed by atoms with Gasteiger partial charge in [-0.05, 0) is 13.8 Å². The highest BCUT2D eigenvalue weighted by molar-refractivity contribution is 5.65. The lowest BCUT2D eigenvalue weighted by Crippen LogP contribution is -1.95. The zero-order valence-electron chi connectivity index (χ0n) is 10.6. The molecule has 0 rings (SSSR count). The molecule has 0 spiro atoms. The summed E-state index contributed by atoms with van der Waals surface area (Å²) in [6.07, 6.45) is 2.64. The van der Waals surface area contributed by atoms with Crippen LogP contribution in [0.15, 0.2) is 0 Å². The molecular weight excluding hydrogens is 180 g/mol. The van der Waals surface area contributed by atoms with Crippen LogP contribution in [0.25, 0.3) is 0 Å². The van der Waals surface area contributed by atoms with Crippen LogP contribution in [0.3, 0.4) is 0 Å². The molecule has 0 aromatic heterocycles. The van der Waals surface area contributed by atoms with Crippen LogP contribution in [0.2, 0.25) is 0 Å². The molecule has 0 aromatic rings. The van der Waals surface area contributed by atoms with E-state index >= 15 is 0 Å². The molecule has 3 heteroatoms. The number of esters is 1. The Balaban J connectivity index is -0.000000135. The summed E-state index contributed by atoms with van der Waals surface area (Å²) in [5.74, 6) is -0.211. The van der Waals surface area contributed by atoms with Crippen molar-refractivity contribution in [2.75, 3.05) is 20.3 Å². The first kappa shape index (κ1) is 19.1. The molecule has 0 aromatic carbocycles. The summed E-state index contributed by atoms with van der Waals surface area (Å²) >= 11 is 0. The molecule has 88 valence electrons. The Kier molecular flexibility index (Phi) is 31.1. The highest BCUT2D eigenvalue weighted by Gasteiger charge is 1.81. The van der Waals surface area contributed by atoms with Crippen LogP contribution in [-0.2, 0) is 14.3 Å². The second-order valence-corrected chi connectivity index (χ2v) is 2.50. The average molecular weight is 206 g/mol. The predicted molar refractivity (Wildman–Crippen MR) is 60.4 cm³/mol. The monoisotopic (exact) mass is 206 g/mol. The molecule has 0 fully saturated rings. The second-order valence-electron chi connectivity index (χ2n) is 2.50. The topological polar surface area (TPSA) is 35.5 Å². The summed E-state index contributed by atoms with van der Waals surface area (Å²) in [7, 11) is 1.68. The first-order valence-electron chi connectivity index (χ1n) is 5.22. The Morgan fingerprint density at radius 2 is 1.36 bits per heavy atom. The fourth-order valence-corrected chi connectivity index (χ4v) is 0.203. The maximum Gasteiger partial charge on any atom is 0.302 e. The zero-order chi connectivity index (χ0) is 11.8. The molecule has 0 bridgehead atoms. The van der Waals surface area contributed by atoms with Crippen molar-refractivity contribution in [3.8, 4) is 0 Å². The number of methoxy groups -OCH3 is 1. The largest absolute Gasteiger partial charge is 0.466 e. The summed E-state index contributed by atoms with van der Waals surface area (Å²) in [4.78, 5) is 9.82. The van der Waals surface area contributed by atoms with E-state index in [9.17, 15) is 4.79 Å². The predicted octanol–water partition coefficient (Wildman–Crippen LogP) is 3.03. The molecule has 0 aliphatic rings. The molecule has 14 heavy (non-hydrogen) atoms. The third-order valence-electron chi connectivity index (χ3n) is 1.14. The van der Waals surface area contributed by atoms with Gasteiger partial charge in [0.15, 0.2) is 0 Å². The van der Waals surface area contributed by atoms with Gasteiger partial charge in [-0.2, -0.15) is 0 Å². The third kappa shape index (κ3) is 63.4. The van der Waals surface area contributed by atoms with E-state index in [4.69, 9.17) is 0 Å². The van der Waals surface area contributed by atoms with Gasteiger partial charge in [0.25, 0.3) is 0 Å². The molecular formula is C11H26O3. The van der Waals surface area contributed by atoms with Crippen molar-refractivity contribution >= 4 is 5.97 Å². The van der Waals surface area contributed by atoms with Crippen molar-refractivity contribution in [1.82, 2.24) is 0 Å². The van der Waals surface area contributed by atoms with Crippen LogP contribution < -0.4 is 0 Å². The Bertz CT molecular complexity index is 84.5. The lowest BCUT2D eigenvalue weighted by molar-refractivity contribution is -0.140. The Labute approximate surface area is 88.8 Å². The summed E-state index contributed by atoms with van der Waals surface area (Å²) in [6.45, 7) is 10.8. The van der Waals surface area contributed by atoms with Gasteiger partial charge >= 0.3 is 5.97 Å². The van der Waals surface area contributed by atoms with E-state index in [1.165, 1.54) is 19.8 Å². The minimum atomic E-state index is -0.211. The Hall–Kier alpha value is -0.570. The van der Waals surface area contributed by atoms with Crippen molar-refractivity contribution < 1.29 is 14.3 Å². The maximum atomic E-state index is 9.82. The number of ether oxygens (including phenoxy) is 2. The van der Waals surface area contributed by atoms with Gasteiger partial charge in [0.1, 0.15) is 0 Å². The van der Waals surface area contributed by atoms with E-state index in [0.29, 0.717) is 6.61 Å². The third-order valence-corrected chi connectivity index (χ3v) is 1.14. The summed E-state index contributed by atoms with van der Waals surface area (Å²) < 4.78 is 8.94. The Morgan fingerprint density at radius 1 is 1.00 bits per heavy atom. The van der Waals surface area contributed by atoms with Crippen LogP contribution in [0.1, 0.15) is 47.5 Å². The number of rotatable bonds is 3. The molecule has 0 saturated carbocycles. The summed E-state index contributed by atoms with van der Waals surface area (Å²) in [5, 5.41) is 0. The number of hydrogen-bond donors (Lipinski definition) is 0. The van der Waals surface area contributed by atoms with E-state index in [0.717, 1.165) is 6.61 Å². The molecule has 0 aliphatic carbocycles. The molecule has 0 radical (unpaired) electrons. The van der Waals surface area contributed by atoms with E-state index < -0.39 is 0 Å². The van der Waals surface area contributed by atoms with Crippen molar-refractivity contribution in [2.45, 2.75) is 47.5 Å². The molecule has 0 saturated heterocycles. The SMILES string of the molecule is CCCC.CCOC.CCOC(C)=O. The molecule has 0 amide bonds. The zero-order valence-corrected chi connectivity index (χ0v) is 10.6. The van der Waals surface area contributed by atoms with E-state index in [-0.39, 0.29) is 5.97 Å². The van der Waals surface area contributed by atoms with Gasteiger partial charge in [0, 0.05) is 20.6 Å². The van der Waals surface area contributed by atoms with E-state index in [1.807, 2.05) is 6.92 Å². The number of carbonyl (C=O) groups is 1. The molecule has 0 unspecified atom stereocenters. The summed E-state index contributed by atoms with van der Waals surface area (Å²) in [5.41, 5.74) is 0. The Morgan fingerprint density at radius 3 is 1.36 bits per heavy atom. The van der Waals surface area contributed by atoms with Crippen molar-refractivity contribution in [3.63, 3.8) is 0 Å². The molecule has 0 atom stereocenters. The number of unbranched alkanes of at least 4 members (excludes halogenated alkanes) is 1. The lowest BCUT2D eigenvalue weighted by atomic mass is 10.4. The molecule has 0 aliphatic heterocycles. The van der Waals surface area contributed by atoms with Crippen LogP contribution in [-0.4, -0.2) is 26.3 Å². The summed E-state index contributed by atoms with van der Waals surface area (Å²) in [6, 6.07) is 0. The fraction of sp³-hybridized carbons (Fsp3) is 0.909. The van der Waals surface area contributed by atoms with Crippen molar-refractivity contribution in [2.24, 2.45) is 0 Å². The van der Waals surface area contributed by atoms with E-state index in [2.05, 4.69) is 23.3 Å². The van der Waals surface area contributed by atoms with Crippen LogP contribution >= 0.6 is 0 Å². The van der Waals surface area contributed by atoms with Crippen molar-refractivity contribution in [1.29, 1.82) is 0 Å². The van der Waals surface area contributed by atoms with Crippen LogP contribution in [0.4, 0.5) is 0 Å². The highest BCUT2D eigenvalue weighted by Crippen LogP contribution is 1.76. The smallest absolute Gasteiger partial charge is 0.302 e. The minimum absolute atomic E-state index is 0.211. The van der Waals surface area contributed by atoms with Gasteiger partial charge in [0.05, 0.1) is 6.61 Å². The highest BCUT2D eigenvalue weighted by atomic mass is 16.5. The van der Waals surface area contributed by atoms with Gasteiger partial charge in [0.2, 0.25) is 0 Å². The molecule has 0 heterocycles. The second kappa shape index (κ2) is 22.9. The standard InChI is InChI=1S/C4H8O2.C4H10.C3H8O/c1-3-6-4(2)5;2*1-3-4-2/h3H2,1-2H3;3-4H2,1-2H3;3H2,1-2H3. The number of hydrogen-bond acceptors (Lipinski definition) is 3. The van der Waals surface area contributed by atoms with Gasteiger partial charge in [-0.15, -0.1) is 0 Å². The van der Waals surface area contributed by atoms with Crippen LogP contribution in [0.5, 0.6) is 0 Å². The van der Waals surface area contributed by atoms with Gasteiger partial charge < -0.3 is 9.47 Å². The fourth-order valence-electron chi connectivity index (χ4n) is 0.203. The first-order valence-corrected chi connectivity index (χ1v) is 5.22. The minimum Gasteiger partial charge on any atom is -0.466 e.